The van der Waals surface area contributed by atoms with Crippen molar-refractivity contribution in [2.45, 2.75) is 151 Å². The minimum atomic E-state index is -8.50. The predicted molar refractivity (Wildman–Crippen MR) is 139 cm³/mol. The number of carbonyl (C=O) groups excluding carboxylic acids is 2. The molecule has 0 aromatic carbocycles. The number of amides is 1. The summed E-state index contributed by atoms with van der Waals surface area (Å²) >= 11 is 0. The Morgan fingerprint density at radius 3 is 1.15 bits per heavy atom. The molecule has 0 saturated heterocycles. The first kappa shape index (κ1) is 44.9. The van der Waals surface area contributed by atoms with Gasteiger partial charge in [-0.15, -0.1) is 0 Å². The predicted octanol–water partition coefficient (Wildman–Crippen LogP) is 10.3. The van der Waals surface area contributed by atoms with E-state index in [0.717, 1.165) is 38.5 Å². The van der Waals surface area contributed by atoms with Gasteiger partial charge < -0.3 is 10.1 Å². The summed E-state index contributed by atoms with van der Waals surface area (Å²) in [6.07, 6.45) is 8.70. The summed E-state index contributed by atoms with van der Waals surface area (Å²) in [7, 11) is 0. The topological polar surface area (TPSA) is 55.4 Å². The Hall–Kier alpha value is -2.11. The highest BCUT2D eigenvalue weighted by Gasteiger charge is 2.94. The summed E-state index contributed by atoms with van der Waals surface area (Å²) < 4.78 is 203. The van der Waals surface area contributed by atoms with Crippen molar-refractivity contribution in [2.75, 3.05) is 13.2 Å². The fourth-order valence-corrected chi connectivity index (χ4v) is 4.26. The van der Waals surface area contributed by atoms with Gasteiger partial charge in [-0.25, -0.2) is 0 Å². The van der Waals surface area contributed by atoms with E-state index >= 15 is 0 Å². The average Bonchev–Trinajstić information content (AvgIpc) is 2.96. The molecule has 0 spiro atoms. The van der Waals surface area contributed by atoms with Crippen molar-refractivity contribution in [2.24, 2.45) is 0 Å². The number of alkyl halides is 15. The van der Waals surface area contributed by atoms with E-state index in [0.29, 0.717) is 11.7 Å². The zero-order chi connectivity index (χ0) is 36.8. The van der Waals surface area contributed by atoms with E-state index in [1.165, 1.54) is 51.4 Å². The maximum Gasteiger partial charge on any atom is 0.460 e. The molecule has 0 heterocycles. The number of rotatable bonds is 25. The van der Waals surface area contributed by atoms with Crippen LogP contribution in [0.2, 0.25) is 0 Å². The van der Waals surface area contributed by atoms with Crippen LogP contribution in [0.3, 0.4) is 0 Å². The number of ether oxygens (including phenoxy) is 1. The van der Waals surface area contributed by atoms with Crippen molar-refractivity contribution >= 4 is 11.9 Å². The normalized spacial score (nSPS) is 14.0. The maximum absolute atomic E-state index is 13.8. The summed E-state index contributed by atoms with van der Waals surface area (Å²) in [5, 5.41) is 0.615. The van der Waals surface area contributed by atoms with Gasteiger partial charge in [0.05, 0.1) is 6.61 Å². The highest BCUT2D eigenvalue weighted by atomic mass is 19.4. The van der Waals surface area contributed by atoms with Crippen molar-refractivity contribution in [1.82, 2.24) is 5.32 Å². The molecule has 0 bridgehead atoms. The van der Waals surface area contributed by atoms with Crippen LogP contribution in [0, 0.1) is 0 Å². The lowest BCUT2D eigenvalue weighted by Crippen LogP contribution is -2.74. The highest BCUT2D eigenvalue weighted by molar-refractivity contribution is 5.88. The Balaban J connectivity index is 4.60. The van der Waals surface area contributed by atoms with Crippen molar-refractivity contribution < 1.29 is 80.2 Å². The van der Waals surface area contributed by atoms with Gasteiger partial charge >= 0.3 is 47.7 Å². The Kier molecular flexibility index (Phi) is 17.8. The molecule has 0 aromatic rings. The fraction of sp³-hybridized carbons (Fsp3) is 0.929. The van der Waals surface area contributed by atoms with Gasteiger partial charge in [-0.3, -0.25) is 9.59 Å². The van der Waals surface area contributed by atoms with E-state index in [1.54, 1.807) is 0 Å². The molecular weight excluding hydrogens is 683 g/mol. The number of esters is 1. The summed E-state index contributed by atoms with van der Waals surface area (Å²) in [5.74, 6) is -53.8. The number of hydrogen-bond donors (Lipinski definition) is 1. The lowest BCUT2D eigenvalue weighted by atomic mass is 9.91. The van der Waals surface area contributed by atoms with Crippen molar-refractivity contribution in [3.05, 3.63) is 0 Å². The minimum Gasteiger partial charge on any atom is -0.464 e. The second kappa shape index (κ2) is 18.6. The van der Waals surface area contributed by atoms with Gasteiger partial charge in [-0.05, 0) is 6.42 Å². The van der Waals surface area contributed by atoms with E-state index < -0.39 is 60.1 Å². The third-order valence-electron chi connectivity index (χ3n) is 7.27. The van der Waals surface area contributed by atoms with E-state index in [1.807, 2.05) is 0 Å². The van der Waals surface area contributed by atoms with Crippen LogP contribution in [-0.2, 0) is 14.3 Å². The molecule has 0 rings (SSSR count). The smallest absolute Gasteiger partial charge is 0.460 e. The fourth-order valence-electron chi connectivity index (χ4n) is 4.26. The monoisotopic (exact) mass is 723 g/mol. The van der Waals surface area contributed by atoms with Crippen LogP contribution in [0.1, 0.15) is 110 Å². The molecule has 0 unspecified atom stereocenters. The zero-order valence-corrected chi connectivity index (χ0v) is 25.6. The molecule has 0 saturated carbocycles. The van der Waals surface area contributed by atoms with Crippen LogP contribution in [0.15, 0.2) is 0 Å². The number of hydrogen-bond acceptors (Lipinski definition) is 3. The molecule has 0 aliphatic heterocycles. The van der Waals surface area contributed by atoms with Gasteiger partial charge in [0.25, 0.3) is 5.91 Å². The molecular formula is C28H40F15NO3. The lowest BCUT2D eigenvalue weighted by Gasteiger charge is -2.41. The van der Waals surface area contributed by atoms with Crippen LogP contribution in [0.5, 0.6) is 0 Å². The summed E-state index contributed by atoms with van der Waals surface area (Å²) in [4.78, 5) is 22.9. The Morgan fingerprint density at radius 1 is 0.468 bits per heavy atom. The van der Waals surface area contributed by atoms with Crippen LogP contribution in [-0.4, -0.2) is 66.7 Å². The van der Waals surface area contributed by atoms with Crippen LogP contribution in [0.4, 0.5) is 65.9 Å². The van der Waals surface area contributed by atoms with Crippen molar-refractivity contribution in [3.63, 3.8) is 0 Å². The first-order valence-electron chi connectivity index (χ1n) is 15.1. The first-order chi connectivity index (χ1) is 21.4. The van der Waals surface area contributed by atoms with E-state index in [-0.39, 0.29) is 13.0 Å². The van der Waals surface area contributed by atoms with Crippen LogP contribution < -0.4 is 5.32 Å². The number of unbranched alkanes of at least 4 members (excludes halogenated alkanes) is 15. The van der Waals surface area contributed by atoms with E-state index in [4.69, 9.17) is 0 Å². The Bertz CT molecular complexity index is 941. The molecule has 1 amide bonds. The molecule has 1 N–H and O–H groups in total. The number of nitrogens with one attached hydrogen (secondary N) is 1. The van der Waals surface area contributed by atoms with Crippen molar-refractivity contribution in [1.29, 1.82) is 0 Å². The molecule has 0 aromatic heterocycles. The van der Waals surface area contributed by atoms with Gasteiger partial charge in [-0.2, -0.15) is 65.9 Å². The standard InChI is InChI=1S/C28H40F15NO3/c1-2-3-4-5-6-7-8-9-10-11-12-13-14-15-16-17-18-47-20(45)19-44-21(46)22(29,30)23(31,32)24(33,34)25(35,36)26(37,38)27(39,40)28(41,42)43/h2-19H2,1H3,(H,44,46). The van der Waals surface area contributed by atoms with Gasteiger partial charge in [0.15, 0.2) is 0 Å². The molecule has 4 nitrogen and oxygen atoms in total. The quantitative estimate of drug-likeness (QED) is 0.0580. The molecule has 0 radical (unpaired) electrons. The molecule has 0 atom stereocenters. The van der Waals surface area contributed by atoms with Gasteiger partial charge in [0, 0.05) is 0 Å². The van der Waals surface area contributed by atoms with Crippen LogP contribution >= 0.6 is 0 Å². The largest absolute Gasteiger partial charge is 0.464 e. The van der Waals surface area contributed by atoms with Crippen LogP contribution in [0.25, 0.3) is 0 Å². The zero-order valence-electron chi connectivity index (χ0n) is 25.6. The second-order valence-corrected chi connectivity index (χ2v) is 11.2. The van der Waals surface area contributed by atoms with E-state index in [2.05, 4.69) is 11.7 Å². The molecule has 0 aliphatic carbocycles. The Morgan fingerprint density at radius 2 is 0.787 bits per heavy atom. The summed E-state index contributed by atoms with van der Waals surface area (Å²) in [5.41, 5.74) is 0. The van der Waals surface area contributed by atoms with E-state index in [9.17, 15) is 75.4 Å². The first-order valence-corrected chi connectivity index (χ1v) is 15.1. The molecule has 0 fully saturated rings. The molecule has 0 aliphatic rings. The number of halogens is 15. The third kappa shape index (κ3) is 11.5. The minimum absolute atomic E-state index is 0.226. The average molecular weight is 724 g/mol. The molecule has 280 valence electrons. The van der Waals surface area contributed by atoms with Crippen molar-refractivity contribution in [3.8, 4) is 0 Å². The lowest BCUT2D eigenvalue weighted by molar-refractivity contribution is -0.449. The summed E-state index contributed by atoms with van der Waals surface area (Å²) in [6, 6.07) is 0. The van der Waals surface area contributed by atoms with Gasteiger partial charge in [-0.1, -0.05) is 103 Å². The summed E-state index contributed by atoms with van der Waals surface area (Å²) in [6.45, 7) is 0.0541. The van der Waals surface area contributed by atoms with Gasteiger partial charge in [0.1, 0.15) is 6.54 Å². The third-order valence-corrected chi connectivity index (χ3v) is 7.27. The maximum atomic E-state index is 13.8. The van der Waals surface area contributed by atoms with Gasteiger partial charge in [0.2, 0.25) is 0 Å². The Labute approximate surface area is 262 Å². The molecule has 19 heteroatoms. The number of carbonyl (C=O) groups is 2. The molecule has 47 heavy (non-hydrogen) atoms. The highest BCUT2D eigenvalue weighted by Crippen LogP contribution is 2.62. The SMILES string of the molecule is CCCCCCCCCCCCCCCCCCOC(=O)CNC(=O)C(F)(F)C(F)(F)C(F)(F)C(F)(F)C(F)(F)C(F)(F)C(F)(F)F. The second-order valence-electron chi connectivity index (χ2n) is 11.2.